The first-order chi connectivity index (χ1) is 6.02. The normalized spacial score (nSPS) is 14.2. The number of hydrogen-bond donors (Lipinski definition) is 0. The van der Waals surface area contributed by atoms with E-state index in [1.165, 1.54) is 0 Å². The van der Waals surface area contributed by atoms with E-state index in [0.717, 1.165) is 6.29 Å². The van der Waals surface area contributed by atoms with Crippen LogP contribution in [0.3, 0.4) is 0 Å². The molecule has 0 aromatic heterocycles. The minimum Gasteiger partial charge on any atom is -0.416 e. The second-order valence-electron chi connectivity index (χ2n) is 6.16. The molecule has 0 unspecified atom stereocenters. The molecular weight excluding hydrogens is 192 g/mol. The Kier molecular flexibility index (Phi) is 4.10. The summed E-state index contributed by atoms with van der Waals surface area (Å²) in [5.41, 5.74) is -0.352. The predicted octanol–water partition coefficient (Wildman–Crippen LogP) is 3.23. The van der Waals surface area contributed by atoms with E-state index in [-0.39, 0.29) is 10.5 Å². The molecule has 0 bridgehead atoms. The Morgan fingerprint density at radius 1 is 1.14 bits per heavy atom. The maximum absolute atomic E-state index is 10.7. The van der Waals surface area contributed by atoms with Gasteiger partial charge in [-0.1, -0.05) is 34.6 Å². The molecule has 0 atom stereocenters. The lowest BCUT2D eigenvalue weighted by molar-refractivity contribution is -0.116. The summed E-state index contributed by atoms with van der Waals surface area (Å²) in [4.78, 5) is 10.7. The molecule has 0 N–H and O–H groups in total. The van der Waals surface area contributed by atoms with E-state index in [1.54, 1.807) is 0 Å². The summed E-state index contributed by atoms with van der Waals surface area (Å²) in [7, 11) is -1.69. The van der Waals surface area contributed by atoms with Crippen molar-refractivity contribution in [1.29, 1.82) is 0 Å². The fourth-order valence-corrected chi connectivity index (χ4v) is 1.78. The zero-order valence-electron chi connectivity index (χ0n) is 10.6. The first-order valence-corrected chi connectivity index (χ1v) is 8.03. The van der Waals surface area contributed by atoms with Crippen molar-refractivity contribution in [3.63, 3.8) is 0 Å². The maximum atomic E-state index is 10.7. The van der Waals surface area contributed by atoms with Crippen LogP contribution in [0.2, 0.25) is 18.1 Å². The van der Waals surface area contributed by atoms with E-state index in [9.17, 15) is 4.79 Å². The topological polar surface area (TPSA) is 26.3 Å². The molecule has 14 heavy (non-hydrogen) atoms. The largest absolute Gasteiger partial charge is 0.416 e. The molecule has 0 aliphatic carbocycles. The summed E-state index contributed by atoms with van der Waals surface area (Å²) in [6.07, 6.45) is 0.972. The summed E-state index contributed by atoms with van der Waals surface area (Å²) in [6.45, 7) is 15.4. The van der Waals surface area contributed by atoms with Crippen LogP contribution in [0.15, 0.2) is 0 Å². The van der Waals surface area contributed by atoms with Crippen molar-refractivity contribution in [3.05, 3.63) is 0 Å². The molecule has 0 aromatic rings. The van der Waals surface area contributed by atoms with Gasteiger partial charge in [0.1, 0.15) is 6.29 Å². The highest BCUT2D eigenvalue weighted by atomic mass is 28.4. The lowest BCUT2D eigenvalue weighted by Gasteiger charge is -2.37. The van der Waals surface area contributed by atoms with Gasteiger partial charge in [0.15, 0.2) is 8.32 Å². The van der Waals surface area contributed by atoms with Crippen molar-refractivity contribution in [3.8, 4) is 0 Å². The summed E-state index contributed by atoms with van der Waals surface area (Å²) >= 11 is 0. The molecule has 0 rings (SSSR count). The second kappa shape index (κ2) is 4.15. The summed E-state index contributed by atoms with van der Waals surface area (Å²) < 4.78 is 5.96. The molecule has 0 saturated carbocycles. The van der Waals surface area contributed by atoms with Gasteiger partial charge >= 0.3 is 0 Å². The Bertz CT molecular complexity index is 202. The van der Waals surface area contributed by atoms with Crippen LogP contribution in [-0.2, 0) is 9.22 Å². The Hall–Kier alpha value is -0.153. The van der Waals surface area contributed by atoms with E-state index in [4.69, 9.17) is 4.43 Å². The highest BCUT2D eigenvalue weighted by Gasteiger charge is 2.38. The third kappa shape index (κ3) is 3.92. The number of carbonyl (C=O) groups excluding carboxylic acids is 1. The van der Waals surface area contributed by atoms with Crippen LogP contribution in [0, 0.1) is 5.41 Å². The first kappa shape index (κ1) is 13.8. The predicted molar refractivity (Wildman–Crippen MR) is 63.0 cm³/mol. The SMILES string of the molecule is CC(C)(C=O)CO[Si](C)(C)C(C)(C)C. The van der Waals surface area contributed by atoms with Crippen molar-refractivity contribution in [2.75, 3.05) is 6.61 Å². The van der Waals surface area contributed by atoms with Gasteiger partial charge < -0.3 is 9.22 Å². The van der Waals surface area contributed by atoms with Gasteiger partial charge in [-0.3, -0.25) is 0 Å². The molecule has 0 aromatic carbocycles. The smallest absolute Gasteiger partial charge is 0.192 e. The Balaban J connectivity index is 4.33. The lowest BCUT2D eigenvalue weighted by Crippen LogP contribution is -2.43. The van der Waals surface area contributed by atoms with E-state index >= 15 is 0 Å². The highest BCUT2D eigenvalue weighted by Crippen LogP contribution is 2.37. The zero-order chi connectivity index (χ0) is 11.6. The molecule has 3 heteroatoms. The van der Waals surface area contributed by atoms with Crippen LogP contribution in [-0.4, -0.2) is 21.2 Å². The van der Waals surface area contributed by atoms with Gasteiger partial charge in [-0.2, -0.15) is 0 Å². The number of aldehydes is 1. The van der Waals surface area contributed by atoms with Crippen molar-refractivity contribution in [1.82, 2.24) is 0 Å². The molecule has 2 nitrogen and oxygen atoms in total. The van der Waals surface area contributed by atoms with E-state index in [2.05, 4.69) is 33.9 Å². The lowest BCUT2D eigenvalue weighted by atomic mass is 9.98. The van der Waals surface area contributed by atoms with Crippen molar-refractivity contribution in [2.24, 2.45) is 5.41 Å². The first-order valence-electron chi connectivity index (χ1n) is 5.12. The van der Waals surface area contributed by atoms with E-state index in [1.807, 2.05) is 13.8 Å². The second-order valence-corrected chi connectivity index (χ2v) is 11.0. The molecule has 0 aliphatic rings. The summed E-state index contributed by atoms with van der Waals surface area (Å²) in [5, 5.41) is 0.214. The van der Waals surface area contributed by atoms with Crippen LogP contribution in [0.25, 0.3) is 0 Å². The molecule has 84 valence electrons. The Morgan fingerprint density at radius 2 is 1.57 bits per heavy atom. The standard InChI is InChI=1S/C11H24O2Si/c1-10(2,3)14(6,7)13-9-11(4,5)8-12/h8H,9H2,1-7H3. The minimum atomic E-state index is -1.69. The van der Waals surface area contributed by atoms with Gasteiger partial charge in [0.25, 0.3) is 0 Å². The maximum Gasteiger partial charge on any atom is 0.192 e. The highest BCUT2D eigenvalue weighted by molar-refractivity contribution is 6.74. The number of rotatable bonds is 4. The van der Waals surface area contributed by atoms with Gasteiger partial charge in [-0.25, -0.2) is 0 Å². The van der Waals surface area contributed by atoms with Gasteiger partial charge in [-0.05, 0) is 18.1 Å². The minimum absolute atomic E-state index is 0.214. The molecule has 0 aliphatic heterocycles. The Labute approximate surface area is 89.2 Å². The van der Waals surface area contributed by atoms with Crippen LogP contribution >= 0.6 is 0 Å². The molecule has 0 radical (unpaired) electrons. The molecule has 0 fully saturated rings. The van der Waals surface area contributed by atoms with Crippen LogP contribution in [0.5, 0.6) is 0 Å². The molecule has 0 heterocycles. The fourth-order valence-electron chi connectivity index (χ4n) is 0.617. The van der Waals surface area contributed by atoms with Crippen molar-refractivity contribution < 1.29 is 9.22 Å². The Morgan fingerprint density at radius 3 is 1.86 bits per heavy atom. The third-order valence-electron chi connectivity index (χ3n) is 2.93. The van der Waals surface area contributed by atoms with Gasteiger partial charge in [0.2, 0.25) is 0 Å². The van der Waals surface area contributed by atoms with Crippen LogP contribution < -0.4 is 0 Å². The molecule has 0 amide bonds. The summed E-state index contributed by atoms with van der Waals surface area (Å²) in [6, 6.07) is 0. The quantitative estimate of drug-likeness (QED) is 0.533. The van der Waals surface area contributed by atoms with Crippen LogP contribution in [0.1, 0.15) is 34.6 Å². The molecule has 0 saturated heterocycles. The number of carbonyl (C=O) groups is 1. The third-order valence-corrected chi connectivity index (χ3v) is 7.41. The average molecular weight is 216 g/mol. The zero-order valence-corrected chi connectivity index (χ0v) is 11.6. The fraction of sp³-hybridized carbons (Fsp3) is 0.909. The summed E-state index contributed by atoms with van der Waals surface area (Å²) in [5.74, 6) is 0. The molecule has 0 spiro atoms. The average Bonchev–Trinajstić information content (AvgIpc) is 1.99. The van der Waals surface area contributed by atoms with Crippen molar-refractivity contribution in [2.45, 2.75) is 52.8 Å². The van der Waals surface area contributed by atoms with Gasteiger partial charge in [0, 0.05) is 12.0 Å². The molecular formula is C11H24O2Si. The van der Waals surface area contributed by atoms with Gasteiger partial charge in [-0.15, -0.1) is 0 Å². The van der Waals surface area contributed by atoms with Gasteiger partial charge in [0.05, 0.1) is 0 Å². The number of hydrogen-bond acceptors (Lipinski definition) is 2. The monoisotopic (exact) mass is 216 g/mol. The van der Waals surface area contributed by atoms with E-state index < -0.39 is 8.32 Å². The van der Waals surface area contributed by atoms with Crippen LogP contribution in [0.4, 0.5) is 0 Å². The van der Waals surface area contributed by atoms with Crippen molar-refractivity contribution >= 4 is 14.6 Å². The van der Waals surface area contributed by atoms with E-state index in [0.29, 0.717) is 6.61 Å².